The number of nitrogens with one attached hydrogen (secondary N) is 2. The summed E-state index contributed by atoms with van der Waals surface area (Å²) in [5.41, 5.74) is 3.27. The maximum absolute atomic E-state index is 11.8. The number of aromatic amines is 2. The Bertz CT molecular complexity index is 612. The molecule has 2 N–H and O–H groups in total. The number of H-pyrrole nitrogens is 2. The molecule has 4 heteroatoms. The molecule has 0 saturated carbocycles. The van der Waals surface area contributed by atoms with Gasteiger partial charge in [0.15, 0.2) is 0 Å². The van der Waals surface area contributed by atoms with Crippen LogP contribution < -0.4 is 5.56 Å². The molecule has 1 unspecified atom stereocenters. The van der Waals surface area contributed by atoms with E-state index in [0.29, 0.717) is 5.92 Å². The van der Waals surface area contributed by atoms with Crippen LogP contribution in [0.4, 0.5) is 0 Å². The highest BCUT2D eigenvalue weighted by molar-refractivity contribution is 5.27. The molecule has 1 atom stereocenters. The van der Waals surface area contributed by atoms with Crippen LogP contribution in [0.15, 0.2) is 35.1 Å². The van der Waals surface area contributed by atoms with E-state index in [1.54, 1.807) is 0 Å². The highest BCUT2D eigenvalue weighted by Gasteiger charge is 2.35. The highest BCUT2D eigenvalue weighted by Crippen LogP contribution is 2.36. The first kappa shape index (κ1) is 12.2. The average molecular weight is 257 g/mol. The minimum Gasteiger partial charge on any atom is -0.300 e. The first-order valence-corrected chi connectivity index (χ1v) is 6.74. The Labute approximate surface area is 112 Å². The summed E-state index contributed by atoms with van der Waals surface area (Å²) in [6, 6.07) is 10.7. The molecular formula is C15H19N3O. The summed E-state index contributed by atoms with van der Waals surface area (Å²) in [6.45, 7) is 6.00. The van der Waals surface area contributed by atoms with E-state index in [9.17, 15) is 4.79 Å². The summed E-state index contributed by atoms with van der Waals surface area (Å²) >= 11 is 0. The average Bonchev–Trinajstić information content (AvgIpc) is 2.91. The van der Waals surface area contributed by atoms with E-state index >= 15 is 0 Å². The molecule has 0 amide bonds. The molecule has 2 heterocycles. The minimum atomic E-state index is 0.0243. The summed E-state index contributed by atoms with van der Waals surface area (Å²) < 4.78 is 0. The Morgan fingerprint density at radius 1 is 1.26 bits per heavy atom. The summed E-state index contributed by atoms with van der Waals surface area (Å²) in [6.07, 6.45) is 0. The zero-order valence-corrected chi connectivity index (χ0v) is 11.3. The van der Waals surface area contributed by atoms with Crippen molar-refractivity contribution in [2.75, 3.05) is 0 Å². The van der Waals surface area contributed by atoms with Gasteiger partial charge in [0, 0.05) is 13.1 Å². The third-order valence-electron chi connectivity index (χ3n) is 3.82. The zero-order chi connectivity index (χ0) is 13.4. The van der Waals surface area contributed by atoms with Crippen LogP contribution in [0.1, 0.15) is 36.7 Å². The summed E-state index contributed by atoms with van der Waals surface area (Å²) in [4.78, 5) is 14.1. The molecule has 0 radical (unpaired) electrons. The predicted molar refractivity (Wildman–Crippen MR) is 74.7 cm³/mol. The van der Waals surface area contributed by atoms with Crippen molar-refractivity contribution < 1.29 is 0 Å². The van der Waals surface area contributed by atoms with Crippen LogP contribution in [-0.2, 0) is 13.1 Å². The standard InChI is InChI=1S/C15H19N3O/c1-10(2)14-13-12(15(19)17-16-13)9-18(14)8-11-6-4-3-5-7-11/h3-7,10,14H,8-9H2,1-2H3,(H2,16,17,19). The third-order valence-corrected chi connectivity index (χ3v) is 3.82. The Balaban J connectivity index is 1.89. The Morgan fingerprint density at radius 3 is 2.68 bits per heavy atom. The van der Waals surface area contributed by atoms with Gasteiger partial charge in [-0.15, -0.1) is 0 Å². The second-order valence-corrected chi connectivity index (χ2v) is 5.55. The van der Waals surface area contributed by atoms with E-state index in [2.05, 4.69) is 53.2 Å². The number of aromatic nitrogens is 2. The fourth-order valence-electron chi connectivity index (χ4n) is 3.02. The van der Waals surface area contributed by atoms with Gasteiger partial charge >= 0.3 is 0 Å². The third kappa shape index (κ3) is 2.12. The van der Waals surface area contributed by atoms with Crippen LogP contribution >= 0.6 is 0 Å². The van der Waals surface area contributed by atoms with Gasteiger partial charge in [-0.05, 0) is 11.5 Å². The van der Waals surface area contributed by atoms with Gasteiger partial charge in [-0.3, -0.25) is 14.8 Å². The van der Waals surface area contributed by atoms with Crippen LogP contribution in [0.3, 0.4) is 0 Å². The van der Waals surface area contributed by atoms with Crippen molar-refractivity contribution in [3.05, 3.63) is 57.5 Å². The number of nitrogens with zero attached hydrogens (tertiary/aromatic N) is 1. The molecule has 0 fully saturated rings. The van der Waals surface area contributed by atoms with Gasteiger partial charge in [-0.1, -0.05) is 44.2 Å². The van der Waals surface area contributed by atoms with Gasteiger partial charge in [-0.2, -0.15) is 0 Å². The van der Waals surface area contributed by atoms with Gasteiger partial charge in [0.1, 0.15) is 0 Å². The molecule has 1 aromatic carbocycles. The van der Waals surface area contributed by atoms with Crippen molar-refractivity contribution in [2.24, 2.45) is 5.92 Å². The lowest BCUT2D eigenvalue weighted by Gasteiger charge is -2.27. The molecule has 100 valence electrons. The first-order chi connectivity index (χ1) is 9.16. The van der Waals surface area contributed by atoms with E-state index in [1.807, 2.05) is 6.07 Å². The minimum absolute atomic E-state index is 0.0243. The van der Waals surface area contributed by atoms with Crippen molar-refractivity contribution in [2.45, 2.75) is 33.0 Å². The second kappa shape index (κ2) is 4.70. The molecule has 0 spiro atoms. The number of benzene rings is 1. The highest BCUT2D eigenvalue weighted by atomic mass is 16.1. The lowest BCUT2D eigenvalue weighted by molar-refractivity contribution is 0.159. The Kier molecular flexibility index (Phi) is 3.03. The molecule has 1 aliphatic rings. The van der Waals surface area contributed by atoms with Crippen molar-refractivity contribution in [3.63, 3.8) is 0 Å². The van der Waals surface area contributed by atoms with Crippen LogP contribution in [0.25, 0.3) is 0 Å². The van der Waals surface area contributed by atoms with Crippen molar-refractivity contribution in [3.8, 4) is 0 Å². The van der Waals surface area contributed by atoms with Gasteiger partial charge < -0.3 is 5.10 Å². The molecule has 1 aromatic heterocycles. The Hall–Kier alpha value is -1.81. The smallest absolute Gasteiger partial charge is 0.268 e. The number of rotatable bonds is 3. The first-order valence-electron chi connectivity index (χ1n) is 6.74. The maximum Gasteiger partial charge on any atom is 0.268 e. The van der Waals surface area contributed by atoms with Crippen LogP contribution in [0.5, 0.6) is 0 Å². The maximum atomic E-state index is 11.8. The van der Waals surface area contributed by atoms with E-state index < -0.39 is 0 Å². The van der Waals surface area contributed by atoms with E-state index in [1.165, 1.54) is 5.56 Å². The number of fused-ring (bicyclic) bond motifs is 1. The molecular weight excluding hydrogens is 238 g/mol. The molecule has 2 aromatic rings. The molecule has 0 bridgehead atoms. The van der Waals surface area contributed by atoms with Gasteiger partial charge in [-0.25, -0.2) is 0 Å². The zero-order valence-electron chi connectivity index (χ0n) is 11.3. The SMILES string of the molecule is CC(C)C1c2[nH][nH]c(=O)c2CN1Cc1ccccc1. The molecule has 0 saturated heterocycles. The van der Waals surface area contributed by atoms with Crippen molar-refractivity contribution in [1.82, 2.24) is 15.1 Å². The molecule has 4 nitrogen and oxygen atoms in total. The normalized spacial score (nSPS) is 19.0. The molecule has 19 heavy (non-hydrogen) atoms. The summed E-state index contributed by atoms with van der Waals surface area (Å²) in [7, 11) is 0. The number of hydrogen-bond acceptors (Lipinski definition) is 2. The van der Waals surface area contributed by atoms with Gasteiger partial charge in [0.2, 0.25) is 0 Å². The van der Waals surface area contributed by atoms with E-state index in [-0.39, 0.29) is 11.6 Å². The second-order valence-electron chi connectivity index (χ2n) is 5.55. The number of hydrogen-bond donors (Lipinski definition) is 2. The lowest BCUT2D eigenvalue weighted by atomic mass is 10.0. The fraction of sp³-hybridized carbons (Fsp3) is 0.400. The van der Waals surface area contributed by atoms with Crippen LogP contribution in [-0.4, -0.2) is 15.1 Å². The van der Waals surface area contributed by atoms with E-state index in [4.69, 9.17) is 0 Å². The summed E-state index contributed by atoms with van der Waals surface area (Å²) in [5, 5.41) is 5.76. The van der Waals surface area contributed by atoms with Crippen LogP contribution in [0.2, 0.25) is 0 Å². The topological polar surface area (TPSA) is 51.9 Å². The monoisotopic (exact) mass is 257 g/mol. The van der Waals surface area contributed by atoms with Gasteiger partial charge in [0.25, 0.3) is 5.56 Å². The molecule has 0 aliphatic carbocycles. The van der Waals surface area contributed by atoms with Crippen molar-refractivity contribution >= 4 is 0 Å². The van der Waals surface area contributed by atoms with Crippen molar-refractivity contribution in [1.29, 1.82) is 0 Å². The Morgan fingerprint density at radius 2 is 2.00 bits per heavy atom. The van der Waals surface area contributed by atoms with Crippen LogP contribution in [0, 0.1) is 5.92 Å². The van der Waals surface area contributed by atoms with Gasteiger partial charge in [0.05, 0.1) is 17.3 Å². The largest absolute Gasteiger partial charge is 0.300 e. The quantitative estimate of drug-likeness (QED) is 0.887. The van der Waals surface area contributed by atoms with E-state index in [0.717, 1.165) is 24.3 Å². The summed E-state index contributed by atoms with van der Waals surface area (Å²) in [5.74, 6) is 0.469. The fourth-order valence-corrected chi connectivity index (χ4v) is 3.02. The molecule has 3 rings (SSSR count). The predicted octanol–water partition coefficient (Wildman–Crippen LogP) is 2.42. The molecule has 1 aliphatic heterocycles. The lowest BCUT2D eigenvalue weighted by Crippen LogP contribution is -2.26.